The Morgan fingerprint density at radius 1 is 1.05 bits per heavy atom. The molecule has 2 heterocycles. The number of halogens is 1. The number of nitrogens with zero attached hydrogens (tertiary/aromatic N) is 3. The Hall–Kier alpha value is -3.66. The number of Topliss-reactive ketones (excluding diaryl/α,β-unsaturated/α-hetero) is 1. The van der Waals surface area contributed by atoms with Crippen LogP contribution in [0.3, 0.4) is 0 Å². The van der Waals surface area contributed by atoms with E-state index in [1.165, 1.54) is 6.07 Å². The third-order valence-corrected chi connectivity index (χ3v) is 7.92. The van der Waals surface area contributed by atoms with Gasteiger partial charge in [-0.25, -0.2) is 18.2 Å². The van der Waals surface area contributed by atoms with E-state index < -0.39 is 10.0 Å². The van der Waals surface area contributed by atoms with Gasteiger partial charge in [0.1, 0.15) is 5.69 Å². The van der Waals surface area contributed by atoms with E-state index in [-0.39, 0.29) is 23.0 Å². The van der Waals surface area contributed by atoms with Crippen molar-refractivity contribution in [1.82, 2.24) is 9.78 Å². The molecule has 0 bridgehead atoms. The fourth-order valence-corrected chi connectivity index (χ4v) is 5.62. The molecular weight excluding hydrogens is 564 g/mol. The number of nitrogens with two attached hydrogens (primary N) is 1. The fourth-order valence-electron chi connectivity index (χ4n) is 4.48. The first-order valence-corrected chi connectivity index (χ1v) is 14.3. The Morgan fingerprint density at radius 3 is 2.58 bits per heavy atom. The van der Waals surface area contributed by atoms with Gasteiger partial charge in [-0.2, -0.15) is 5.10 Å². The molecule has 192 valence electrons. The van der Waals surface area contributed by atoms with Gasteiger partial charge in [-0.3, -0.25) is 9.79 Å². The maximum Gasteiger partial charge on any atom is 0.238 e. The number of benzene rings is 3. The van der Waals surface area contributed by atoms with E-state index in [2.05, 4.69) is 26.0 Å². The van der Waals surface area contributed by atoms with Crippen LogP contribution < -0.4 is 5.14 Å². The summed E-state index contributed by atoms with van der Waals surface area (Å²) in [6.45, 7) is 3.81. The summed E-state index contributed by atoms with van der Waals surface area (Å²) in [5, 5.41) is 12.1. The number of carbonyl (C=O) groups is 1. The first-order valence-electron chi connectivity index (χ1n) is 12.0. The summed E-state index contributed by atoms with van der Waals surface area (Å²) in [4.78, 5) is 18.2. The average molecular weight is 590 g/mol. The van der Waals surface area contributed by atoms with Crippen LogP contribution in [0.5, 0.6) is 0 Å². The second-order valence-electron chi connectivity index (χ2n) is 9.25. The summed E-state index contributed by atoms with van der Waals surface area (Å²) in [6.07, 6.45) is 5.42. The molecule has 0 unspecified atom stereocenters. The topological polar surface area (TPSA) is 107 Å². The van der Waals surface area contributed by atoms with Crippen molar-refractivity contribution in [3.05, 3.63) is 107 Å². The molecule has 1 atom stereocenters. The van der Waals surface area contributed by atoms with Crippen molar-refractivity contribution < 1.29 is 13.2 Å². The third-order valence-electron chi connectivity index (χ3n) is 6.45. The summed E-state index contributed by atoms with van der Waals surface area (Å²) in [5.41, 5.74) is 3.75. The molecule has 9 heteroatoms. The van der Waals surface area contributed by atoms with Crippen molar-refractivity contribution in [2.75, 3.05) is 0 Å². The third kappa shape index (κ3) is 5.31. The molecule has 5 rings (SSSR count). The van der Waals surface area contributed by atoms with Crippen molar-refractivity contribution in [3.63, 3.8) is 0 Å². The fraction of sp³-hybridized carbons (Fsp3) is 0.138. The van der Waals surface area contributed by atoms with Crippen molar-refractivity contribution in [2.24, 2.45) is 16.0 Å². The van der Waals surface area contributed by atoms with Gasteiger partial charge >= 0.3 is 0 Å². The van der Waals surface area contributed by atoms with Gasteiger partial charge in [0.05, 0.1) is 22.7 Å². The van der Waals surface area contributed by atoms with Gasteiger partial charge in [-0.15, -0.1) is 0 Å². The lowest BCUT2D eigenvalue weighted by molar-refractivity contribution is 0.0992. The number of hydrogen-bond acceptors (Lipinski definition) is 5. The van der Waals surface area contributed by atoms with Gasteiger partial charge in [-0.05, 0) is 54.1 Å². The van der Waals surface area contributed by atoms with Gasteiger partial charge in [0.2, 0.25) is 10.0 Å². The predicted molar refractivity (Wildman–Crippen MR) is 154 cm³/mol. The molecule has 1 aromatic heterocycles. The van der Waals surface area contributed by atoms with Gasteiger partial charge < -0.3 is 0 Å². The number of aryl methyl sites for hydroxylation is 1. The summed E-state index contributed by atoms with van der Waals surface area (Å²) in [6, 6.07) is 20.3. The van der Waals surface area contributed by atoms with Crippen molar-refractivity contribution in [2.45, 2.75) is 25.2 Å². The number of hydrogen-bond donors (Lipinski definition) is 1. The first kappa shape index (κ1) is 26.0. The van der Waals surface area contributed by atoms with E-state index in [1.54, 1.807) is 35.1 Å². The smallest absolute Gasteiger partial charge is 0.238 e. The van der Waals surface area contributed by atoms with E-state index in [0.717, 1.165) is 26.6 Å². The van der Waals surface area contributed by atoms with E-state index in [9.17, 15) is 13.2 Å². The summed E-state index contributed by atoms with van der Waals surface area (Å²) in [7, 11) is -3.91. The van der Waals surface area contributed by atoms with E-state index in [0.29, 0.717) is 22.5 Å². The molecule has 0 radical (unpaired) electrons. The molecule has 0 fully saturated rings. The molecule has 0 aliphatic carbocycles. The summed E-state index contributed by atoms with van der Waals surface area (Å²) >= 11 is 3.50. The maximum absolute atomic E-state index is 13.5. The largest absolute Gasteiger partial charge is 0.292 e. The van der Waals surface area contributed by atoms with E-state index in [4.69, 9.17) is 5.14 Å². The van der Waals surface area contributed by atoms with Crippen molar-refractivity contribution in [3.8, 4) is 5.69 Å². The molecule has 0 spiro atoms. The van der Waals surface area contributed by atoms with Crippen LogP contribution in [0.4, 0.5) is 0 Å². The number of aromatic nitrogens is 2. The number of allylic oxidation sites excluding steroid dienone is 3. The Kier molecular flexibility index (Phi) is 7.00. The normalized spacial score (nSPS) is 15.7. The van der Waals surface area contributed by atoms with Crippen LogP contribution in [0.15, 0.2) is 99.4 Å². The first-order chi connectivity index (χ1) is 18.1. The lowest BCUT2D eigenvalue weighted by atomic mass is 9.98. The molecule has 0 amide bonds. The van der Waals surface area contributed by atoms with Gasteiger partial charge in [0, 0.05) is 33.4 Å². The summed E-state index contributed by atoms with van der Waals surface area (Å²) < 4.78 is 26.9. The monoisotopic (exact) mass is 588 g/mol. The molecule has 1 aliphatic rings. The minimum atomic E-state index is -3.91. The second kappa shape index (κ2) is 10.2. The van der Waals surface area contributed by atoms with Crippen LogP contribution in [-0.2, 0) is 10.0 Å². The lowest BCUT2D eigenvalue weighted by Gasteiger charge is -2.11. The molecule has 7 nitrogen and oxygen atoms in total. The second-order valence-corrected chi connectivity index (χ2v) is 11.7. The SMILES string of the molecule is Cc1cc(C(=O)CC2=NC=C(c3ccccc3S(N)(=O)=O)C=C[C@H]2C)n(-c2ccc3cc(Br)ccc3c2)n1. The van der Waals surface area contributed by atoms with Crippen LogP contribution in [0.25, 0.3) is 22.0 Å². The highest BCUT2D eigenvalue weighted by Gasteiger charge is 2.22. The van der Waals surface area contributed by atoms with Crippen LogP contribution in [0.1, 0.15) is 35.1 Å². The Bertz CT molecular complexity index is 1780. The van der Waals surface area contributed by atoms with Crippen LogP contribution >= 0.6 is 15.9 Å². The van der Waals surface area contributed by atoms with Crippen LogP contribution in [-0.4, -0.2) is 29.7 Å². The average Bonchev–Trinajstić information content (AvgIpc) is 3.19. The van der Waals surface area contributed by atoms with Gasteiger partial charge in [0.15, 0.2) is 5.78 Å². The quantitative estimate of drug-likeness (QED) is 0.278. The van der Waals surface area contributed by atoms with Crippen molar-refractivity contribution in [1.29, 1.82) is 0 Å². The molecule has 38 heavy (non-hydrogen) atoms. The molecule has 0 saturated carbocycles. The standard InChI is InChI=1S/C29H25BrN4O3S/c1-18-7-8-22(25-5-3-4-6-29(25)38(31,36)37)17-32-26(18)16-28(35)27-13-19(2)33-34(27)24-12-10-20-14-23(30)11-9-21(20)15-24/h3-15,17-18H,16H2,1-2H3,(H2,31,36,37)/t18-/m1/s1. The number of primary sulfonamides is 1. The number of aliphatic imine (C=N–C) groups is 1. The minimum absolute atomic E-state index is 0.0281. The Balaban J connectivity index is 1.47. The van der Waals surface area contributed by atoms with E-state index >= 15 is 0 Å². The number of sulfonamides is 1. The number of fused-ring (bicyclic) bond motifs is 1. The Morgan fingerprint density at radius 2 is 1.79 bits per heavy atom. The number of carbonyl (C=O) groups excluding carboxylic acids is 1. The maximum atomic E-state index is 13.5. The van der Waals surface area contributed by atoms with Crippen molar-refractivity contribution >= 4 is 53.8 Å². The molecule has 1 aliphatic heterocycles. The van der Waals surface area contributed by atoms with E-state index in [1.807, 2.05) is 62.4 Å². The molecule has 2 N–H and O–H groups in total. The molecule has 4 aromatic rings. The zero-order chi connectivity index (χ0) is 27.0. The van der Waals surface area contributed by atoms with Crippen LogP contribution in [0, 0.1) is 12.8 Å². The number of ketones is 1. The van der Waals surface area contributed by atoms with Gasteiger partial charge in [0.25, 0.3) is 0 Å². The van der Waals surface area contributed by atoms with Gasteiger partial charge in [-0.1, -0.05) is 65.3 Å². The Labute approximate surface area is 229 Å². The minimum Gasteiger partial charge on any atom is -0.292 e. The molecular formula is C29H25BrN4O3S. The highest BCUT2D eigenvalue weighted by Crippen LogP contribution is 2.28. The number of rotatable bonds is 6. The zero-order valence-electron chi connectivity index (χ0n) is 20.8. The van der Waals surface area contributed by atoms with Crippen LogP contribution in [0.2, 0.25) is 0 Å². The predicted octanol–water partition coefficient (Wildman–Crippen LogP) is 6.00. The highest BCUT2D eigenvalue weighted by atomic mass is 79.9. The highest BCUT2D eigenvalue weighted by molar-refractivity contribution is 9.10. The zero-order valence-corrected chi connectivity index (χ0v) is 23.2. The molecule has 3 aromatic carbocycles. The lowest BCUT2D eigenvalue weighted by Crippen LogP contribution is -2.17. The molecule has 0 saturated heterocycles. The summed E-state index contributed by atoms with van der Waals surface area (Å²) in [5.74, 6) is -0.242.